The van der Waals surface area contributed by atoms with E-state index in [0.29, 0.717) is 16.7 Å². The third-order valence-corrected chi connectivity index (χ3v) is 3.31. The fourth-order valence-corrected chi connectivity index (χ4v) is 2.30. The quantitative estimate of drug-likeness (QED) is 0.417. The van der Waals surface area contributed by atoms with E-state index < -0.39 is 10.9 Å². The smallest absolute Gasteiger partial charge is 0.342 e. The first-order valence-corrected chi connectivity index (χ1v) is 6.46. The second-order valence-electron chi connectivity index (χ2n) is 4.60. The molecular weight excluding hydrogens is 286 g/mol. The van der Waals surface area contributed by atoms with Crippen LogP contribution in [0.15, 0.2) is 52.9 Å². The number of ether oxygens (including phenoxy) is 1. The molecule has 0 bridgehead atoms. The summed E-state index contributed by atoms with van der Waals surface area (Å²) in [4.78, 5) is 22.4. The third-order valence-electron chi connectivity index (χ3n) is 3.31. The predicted octanol–water partition coefficient (Wildman–Crippen LogP) is 3.79. The monoisotopic (exact) mass is 297 g/mol. The van der Waals surface area contributed by atoms with Crippen LogP contribution in [0, 0.1) is 10.1 Å². The molecule has 1 heterocycles. The van der Waals surface area contributed by atoms with Crippen molar-refractivity contribution in [3.8, 4) is 11.3 Å². The molecule has 0 saturated carbocycles. The van der Waals surface area contributed by atoms with Crippen molar-refractivity contribution in [1.82, 2.24) is 0 Å². The normalized spacial score (nSPS) is 10.6. The lowest BCUT2D eigenvalue weighted by Gasteiger charge is -2.01. The van der Waals surface area contributed by atoms with E-state index in [0.717, 1.165) is 0 Å². The lowest BCUT2D eigenvalue weighted by molar-refractivity contribution is -0.384. The Morgan fingerprint density at radius 2 is 1.91 bits per heavy atom. The number of nitro benzene ring substituents is 1. The number of carbonyl (C=O) groups is 1. The summed E-state index contributed by atoms with van der Waals surface area (Å²) in [5, 5.41) is 11.4. The van der Waals surface area contributed by atoms with Gasteiger partial charge in [0, 0.05) is 17.0 Å². The highest BCUT2D eigenvalue weighted by molar-refractivity contribution is 6.09. The van der Waals surface area contributed by atoms with Crippen LogP contribution >= 0.6 is 0 Å². The van der Waals surface area contributed by atoms with E-state index in [4.69, 9.17) is 9.15 Å². The maximum atomic E-state index is 12.1. The van der Waals surface area contributed by atoms with Gasteiger partial charge in [-0.25, -0.2) is 4.79 Å². The predicted molar refractivity (Wildman–Crippen MR) is 79.6 cm³/mol. The second-order valence-corrected chi connectivity index (χ2v) is 4.60. The molecule has 1 aromatic heterocycles. The van der Waals surface area contributed by atoms with Crippen LogP contribution in [0.25, 0.3) is 22.3 Å². The van der Waals surface area contributed by atoms with E-state index in [-0.39, 0.29) is 16.8 Å². The van der Waals surface area contributed by atoms with Crippen molar-refractivity contribution in [3.63, 3.8) is 0 Å². The highest BCUT2D eigenvalue weighted by Crippen LogP contribution is 2.35. The summed E-state index contributed by atoms with van der Waals surface area (Å²) in [6.45, 7) is 0. The SMILES string of the molecule is COC(=O)c1c(-c2ccccc2)oc2cc([N+](=O)[O-])ccc12. The van der Waals surface area contributed by atoms with Crippen LogP contribution in [0.4, 0.5) is 5.69 Å². The number of carbonyl (C=O) groups excluding carboxylic acids is 1. The number of methoxy groups -OCH3 is 1. The van der Waals surface area contributed by atoms with Gasteiger partial charge in [0.2, 0.25) is 0 Å². The molecule has 6 nitrogen and oxygen atoms in total. The zero-order valence-corrected chi connectivity index (χ0v) is 11.6. The van der Waals surface area contributed by atoms with Gasteiger partial charge >= 0.3 is 5.97 Å². The molecule has 0 N–H and O–H groups in total. The largest absolute Gasteiger partial charge is 0.465 e. The first kappa shape index (κ1) is 13.8. The first-order valence-electron chi connectivity index (χ1n) is 6.46. The van der Waals surface area contributed by atoms with Crippen LogP contribution in [0.3, 0.4) is 0 Å². The minimum absolute atomic E-state index is 0.0997. The number of esters is 1. The van der Waals surface area contributed by atoms with Crippen molar-refractivity contribution >= 4 is 22.6 Å². The molecule has 3 rings (SSSR count). The molecule has 0 amide bonds. The fraction of sp³-hybridized carbons (Fsp3) is 0.0625. The number of benzene rings is 2. The van der Waals surface area contributed by atoms with E-state index in [1.54, 1.807) is 12.1 Å². The summed E-state index contributed by atoms with van der Waals surface area (Å²) in [6, 6.07) is 13.2. The lowest BCUT2D eigenvalue weighted by atomic mass is 10.1. The van der Waals surface area contributed by atoms with E-state index >= 15 is 0 Å². The van der Waals surface area contributed by atoms with Crippen molar-refractivity contribution in [3.05, 3.63) is 64.2 Å². The summed E-state index contributed by atoms with van der Waals surface area (Å²) >= 11 is 0. The zero-order chi connectivity index (χ0) is 15.7. The fourth-order valence-electron chi connectivity index (χ4n) is 2.30. The topological polar surface area (TPSA) is 82.6 Å². The molecule has 22 heavy (non-hydrogen) atoms. The number of nitrogens with zero attached hydrogens (tertiary/aromatic N) is 1. The molecule has 3 aromatic rings. The third kappa shape index (κ3) is 2.20. The van der Waals surface area contributed by atoms with Crippen molar-refractivity contribution in [2.24, 2.45) is 0 Å². The Balaban J connectivity index is 2.30. The molecule has 2 aromatic carbocycles. The summed E-state index contributed by atoms with van der Waals surface area (Å²) in [7, 11) is 1.28. The Labute approximate surface area is 125 Å². The molecule has 0 atom stereocenters. The Morgan fingerprint density at radius 1 is 1.18 bits per heavy atom. The van der Waals surface area contributed by atoms with Crippen molar-refractivity contribution in [2.75, 3.05) is 7.11 Å². The lowest BCUT2D eigenvalue weighted by Crippen LogP contribution is -2.01. The number of nitro groups is 1. The first-order chi connectivity index (χ1) is 10.6. The van der Waals surface area contributed by atoms with Gasteiger partial charge in [-0.3, -0.25) is 10.1 Å². The highest BCUT2D eigenvalue weighted by atomic mass is 16.6. The number of furan rings is 1. The van der Waals surface area contributed by atoms with Gasteiger partial charge in [-0.05, 0) is 6.07 Å². The Hall–Kier alpha value is -3.15. The van der Waals surface area contributed by atoms with Crippen LogP contribution in [0.2, 0.25) is 0 Å². The maximum Gasteiger partial charge on any atom is 0.342 e. The van der Waals surface area contributed by atoms with Gasteiger partial charge in [-0.1, -0.05) is 30.3 Å². The van der Waals surface area contributed by atoms with E-state index in [9.17, 15) is 14.9 Å². The molecule has 0 spiro atoms. The van der Waals surface area contributed by atoms with Crippen molar-refractivity contribution in [2.45, 2.75) is 0 Å². The zero-order valence-electron chi connectivity index (χ0n) is 11.6. The summed E-state index contributed by atoms with van der Waals surface area (Å²) < 4.78 is 10.5. The minimum atomic E-state index is -0.550. The average molecular weight is 297 g/mol. The van der Waals surface area contributed by atoms with Crippen molar-refractivity contribution < 1.29 is 18.9 Å². The van der Waals surface area contributed by atoms with E-state index in [1.165, 1.54) is 25.3 Å². The minimum Gasteiger partial charge on any atom is -0.465 e. The van der Waals surface area contributed by atoms with Crippen LogP contribution in [0.5, 0.6) is 0 Å². The summed E-state index contributed by atoms with van der Waals surface area (Å²) in [5.74, 6) is -0.214. The molecule has 0 saturated heterocycles. The summed E-state index contributed by atoms with van der Waals surface area (Å²) in [5.41, 5.74) is 1.13. The molecule has 0 aliphatic rings. The van der Waals surface area contributed by atoms with E-state index in [2.05, 4.69) is 0 Å². The van der Waals surface area contributed by atoms with Gasteiger partial charge in [0.25, 0.3) is 5.69 Å². The molecule has 110 valence electrons. The Bertz CT molecular complexity index is 867. The molecule has 6 heteroatoms. The molecule has 0 radical (unpaired) electrons. The summed E-state index contributed by atoms with van der Waals surface area (Å²) in [6.07, 6.45) is 0. The Kier molecular flexibility index (Phi) is 3.34. The van der Waals surface area contributed by atoms with Gasteiger partial charge in [0.1, 0.15) is 16.9 Å². The molecular formula is C16H11NO5. The number of hydrogen-bond donors (Lipinski definition) is 0. The molecule has 0 unspecified atom stereocenters. The second kappa shape index (κ2) is 5.33. The number of hydrogen-bond acceptors (Lipinski definition) is 5. The van der Waals surface area contributed by atoms with Gasteiger partial charge in [-0.2, -0.15) is 0 Å². The van der Waals surface area contributed by atoms with Crippen LogP contribution in [0.1, 0.15) is 10.4 Å². The van der Waals surface area contributed by atoms with Gasteiger partial charge in [0.05, 0.1) is 18.1 Å². The van der Waals surface area contributed by atoms with Crippen LogP contribution in [-0.4, -0.2) is 18.0 Å². The van der Waals surface area contributed by atoms with Gasteiger partial charge in [-0.15, -0.1) is 0 Å². The molecule has 0 aliphatic heterocycles. The standard InChI is InChI=1S/C16H11NO5/c1-21-16(18)14-12-8-7-11(17(19)20)9-13(12)22-15(14)10-5-3-2-4-6-10/h2-9H,1H3. The van der Waals surface area contributed by atoms with E-state index in [1.807, 2.05) is 18.2 Å². The Morgan fingerprint density at radius 3 is 2.55 bits per heavy atom. The molecule has 0 aliphatic carbocycles. The number of rotatable bonds is 3. The van der Waals surface area contributed by atoms with Gasteiger partial charge < -0.3 is 9.15 Å². The van der Waals surface area contributed by atoms with Crippen LogP contribution < -0.4 is 0 Å². The molecule has 0 fully saturated rings. The number of non-ortho nitro benzene ring substituents is 1. The average Bonchev–Trinajstić information content (AvgIpc) is 2.93. The van der Waals surface area contributed by atoms with Gasteiger partial charge in [0.15, 0.2) is 0 Å². The van der Waals surface area contributed by atoms with Crippen molar-refractivity contribution in [1.29, 1.82) is 0 Å². The number of fused-ring (bicyclic) bond motifs is 1. The highest BCUT2D eigenvalue weighted by Gasteiger charge is 2.24. The maximum absolute atomic E-state index is 12.1. The van der Waals surface area contributed by atoms with Crippen LogP contribution in [-0.2, 0) is 4.74 Å².